The summed E-state index contributed by atoms with van der Waals surface area (Å²) < 4.78 is 11.1. The van der Waals surface area contributed by atoms with Crippen molar-refractivity contribution < 1.29 is 23.9 Å². The third-order valence-corrected chi connectivity index (χ3v) is 7.04. The van der Waals surface area contributed by atoms with Gasteiger partial charge >= 0.3 is 5.97 Å². The minimum absolute atomic E-state index is 0.0798. The number of nitrogens with zero attached hydrogens (tertiary/aromatic N) is 1. The van der Waals surface area contributed by atoms with Gasteiger partial charge in [0, 0.05) is 35.7 Å². The van der Waals surface area contributed by atoms with Gasteiger partial charge in [-0.05, 0) is 35.4 Å². The van der Waals surface area contributed by atoms with Gasteiger partial charge < -0.3 is 19.7 Å². The monoisotopic (exact) mass is 578 g/mol. The molecule has 0 aliphatic rings. The molecule has 0 aliphatic carbocycles. The van der Waals surface area contributed by atoms with Crippen molar-refractivity contribution in [2.75, 3.05) is 25.6 Å². The molecule has 1 N–H and O–H groups in total. The van der Waals surface area contributed by atoms with Crippen molar-refractivity contribution in [3.05, 3.63) is 131 Å². The molecule has 4 rings (SSSR count). The fraction of sp³-hybridized carbons (Fsp3) is 0.250. The molecule has 43 heavy (non-hydrogen) atoms. The zero-order valence-corrected chi connectivity index (χ0v) is 24.9. The quantitative estimate of drug-likeness (QED) is 0.142. The lowest BCUT2D eigenvalue weighted by atomic mass is 10.00. The van der Waals surface area contributed by atoms with Gasteiger partial charge in [-0.15, -0.1) is 0 Å². The number of carbonyl (C=O) groups excluding carboxylic acids is 3. The van der Waals surface area contributed by atoms with E-state index in [1.54, 1.807) is 30.3 Å². The Balaban J connectivity index is 1.39. The van der Waals surface area contributed by atoms with Gasteiger partial charge in [-0.3, -0.25) is 9.59 Å². The topological polar surface area (TPSA) is 84.9 Å². The van der Waals surface area contributed by atoms with Crippen LogP contribution in [0.3, 0.4) is 0 Å². The average molecular weight is 579 g/mol. The molecule has 0 aromatic heterocycles. The summed E-state index contributed by atoms with van der Waals surface area (Å²) in [5.74, 6) is 0.0719. The number of hydrogen-bond donors (Lipinski definition) is 1. The zero-order chi connectivity index (χ0) is 30.6. The van der Waals surface area contributed by atoms with E-state index in [2.05, 4.69) is 5.32 Å². The summed E-state index contributed by atoms with van der Waals surface area (Å²) in [6.07, 6.45) is 0.342. The number of anilines is 1. The number of ketones is 1. The van der Waals surface area contributed by atoms with Crippen LogP contribution >= 0.6 is 0 Å². The highest BCUT2D eigenvalue weighted by molar-refractivity contribution is 6.12. The largest absolute Gasteiger partial charge is 0.492 e. The normalized spacial score (nSPS) is 11.4. The van der Waals surface area contributed by atoms with E-state index in [-0.39, 0.29) is 17.6 Å². The molecule has 4 aromatic rings. The smallest absolute Gasteiger partial charge is 0.328 e. The Labute approximate surface area is 253 Å². The summed E-state index contributed by atoms with van der Waals surface area (Å²) in [4.78, 5) is 40.5. The lowest BCUT2D eigenvalue weighted by molar-refractivity contribution is -0.141. The van der Waals surface area contributed by atoms with Gasteiger partial charge in [0.25, 0.3) is 0 Å². The van der Waals surface area contributed by atoms with Gasteiger partial charge in [-0.25, -0.2) is 4.79 Å². The lowest BCUT2D eigenvalue weighted by Crippen LogP contribution is -2.36. The standard InChI is InChI=1S/C36H38N2O5/c1-26(2)35(40)38(25-28-12-6-4-7-13-28)22-23-43-30-20-18-27(19-21-30)24-33(36(41)42-3)37-32-17-11-10-16-31(32)34(39)29-14-8-5-9-15-29/h4-21,26,33,37H,22-25H2,1-3H3/t33-/m0/s1. The van der Waals surface area contributed by atoms with Crippen LogP contribution in [0.25, 0.3) is 0 Å². The minimum atomic E-state index is -0.713. The molecule has 1 amide bonds. The summed E-state index contributed by atoms with van der Waals surface area (Å²) in [5.41, 5.74) is 3.56. The number of benzene rings is 4. The second-order valence-corrected chi connectivity index (χ2v) is 10.6. The van der Waals surface area contributed by atoms with Crippen LogP contribution in [0.5, 0.6) is 5.75 Å². The average Bonchev–Trinajstić information content (AvgIpc) is 3.04. The van der Waals surface area contributed by atoms with Crippen LogP contribution in [0.15, 0.2) is 109 Å². The Morgan fingerprint density at radius 1 is 0.767 bits per heavy atom. The molecule has 1 atom stereocenters. The number of para-hydroxylation sites is 1. The van der Waals surface area contributed by atoms with Gasteiger partial charge in [0.15, 0.2) is 5.78 Å². The molecule has 7 nitrogen and oxygen atoms in total. The Kier molecular flexibility index (Phi) is 11.1. The molecule has 7 heteroatoms. The highest BCUT2D eigenvalue weighted by Crippen LogP contribution is 2.22. The van der Waals surface area contributed by atoms with Crippen LogP contribution in [0.1, 0.15) is 40.9 Å². The molecule has 0 unspecified atom stereocenters. The fourth-order valence-corrected chi connectivity index (χ4v) is 4.74. The maximum atomic E-state index is 13.2. The molecule has 4 aromatic carbocycles. The molecule has 0 saturated heterocycles. The number of amides is 1. The lowest BCUT2D eigenvalue weighted by Gasteiger charge is -2.25. The van der Waals surface area contributed by atoms with E-state index in [1.807, 2.05) is 97.6 Å². The summed E-state index contributed by atoms with van der Waals surface area (Å²) >= 11 is 0. The Bertz CT molecular complexity index is 1490. The van der Waals surface area contributed by atoms with Crippen molar-refractivity contribution in [1.82, 2.24) is 4.90 Å². The van der Waals surface area contributed by atoms with Gasteiger partial charge in [-0.1, -0.05) is 98.8 Å². The summed E-state index contributed by atoms with van der Waals surface area (Å²) in [6.45, 7) is 5.14. The summed E-state index contributed by atoms with van der Waals surface area (Å²) in [7, 11) is 1.35. The van der Waals surface area contributed by atoms with Crippen molar-refractivity contribution in [3.8, 4) is 5.75 Å². The molecular weight excluding hydrogens is 540 g/mol. The first-order valence-corrected chi connectivity index (χ1v) is 14.4. The Hall–Kier alpha value is -4.91. The van der Waals surface area contributed by atoms with E-state index < -0.39 is 12.0 Å². The number of esters is 1. The van der Waals surface area contributed by atoms with E-state index >= 15 is 0 Å². The van der Waals surface area contributed by atoms with Gasteiger partial charge in [0.1, 0.15) is 18.4 Å². The second-order valence-electron chi connectivity index (χ2n) is 10.6. The van der Waals surface area contributed by atoms with E-state index in [4.69, 9.17) is 9.47 Å². The zero-order valence-electron chi connectivity index (χ0n) is 24.9. The number of rotatable bonds is 14. The van der Waals surface area contributed by atoms with Crippen LogP contribution in [0.2, 0.25) is 0 Å². The van der Waals surface area contributed by atoms with Crippen molar-refractivity contribution >= 4 is 23.3 Å². The number of carbonyl (C=O) groups is 3. The molecule has 0 spiro atoms. The van der Waals surface area contributed by atoms with Crippen LogP contribution in [-0.2, 0) is 27.3 Å². The predicted octanol–water partition coefficient (Wildman–Crippen LogP) is 6.18. The molecule has 0 saturated carbocycles. The minimum Gasteiger partial charge on any atom is -0.492 e. The van der Waals surface area contributed by atoms with Crippen molar-refractivity contribution in [1.29, 1.82) is 0 Å². The number of nitrogens with one attached hydrogen (secondary N) is 1. The van der Waals surface area contributed by atoms with Crippen LogP contribution in [0.4, 0.5) is 5.69 Å². The molecule has 222 valence electrons. The van der Waals surface area contributed by atoms with Gasteiger partial charge in [0.2, 0.25) is 5.91 Å². The van der Waals surface area contributed by atoms with E-state index in [9.17, 15) is 14.4 Å². The SMILES string of the molecule is COC(=O)[C@H](Cc1ccc(OCCN(Cc2ccccc2)C(=O)C(C)C)cc1)Nc1ccccc1C(=O)c1ccccc1. The van der Waals surface area contributed by atoms with Crippen molar-refractivity contribution in [2.24, 2.45) is 5.92 Å². The molecule has 0 bridgehead atoms. The Morgan fingerprint density at radius 2 is 1.40 bits per heavy atom. The van der Waals surface area contributed by atoms with Gasteiger partial charge in [-0.2, -0.15) is 0 Å². The summed E-state index contributed by atoms with van der Waals surface area (Å²) in [5, 5.41) is 3.23. The number of methoxy groups -OCH3 is 1. The third kappa shape index (κ3) is 8.79. The molecule has 0 aliphatic heterocycles. The first-order chi connectivity index (χ1) is 20.9. The van der Waals surface area contributed by atoms with E-state index in [0.29, 0.717) is 48.7 Å². The van der Waals surface area contributed by atoms with Crippen LogP contribution in [0, 0.1) is 5.92 Å². The number of ether oxygens (including phenoxy) is 2. The first-order valence-electron chi connectivity index (χ1n) is 14.4. The fourth-order valence-electron chi connectivity index (χ4n) is 4.74. The third-order valence-electron chi connectivity index (χ3n) is 7.04. The molecule has 0 fully saturated rings. The summed E-state index contributed by atoms with van der Waals surface area (Å²) in [6, 6.07) is 32.9. The van der Waals surface area contributed by atoms with Crippen molar-refractivity contribution in [2.45, 2.75) is 32.9 Å². The maximum Gasteiger partial charge on any atom is 0.328 e. The highest BCUT2D eigenvalue weighted by atomic mass is 16.5. The molecule has 0 heterocycles. The predicted molar refractivity (Wildman–Crippen MR) is 168 cm³/mol. The molecule has 0 radical (unpaired) electrons. The first kappa shape index (κ1) is 31.0. The van der Waals surface area contributed by atoms with Gasteiger partial charge in [0.05, 0.1) is 13.7 Å². The Morgan fingerprint density at radius 3 is 2.05 bits per heavy atom. The highest BCUT2D eigenvalue weighted by Gasteiger charge is 2.23. The van der Waals surface area contributed by atoms with Crippen LogP contribution < -0.4 is 10.1 Å². The van der Waals surface area contributed by atoms with Crippen LogP contribution in [-0.4, -0.2) is 48.9 Å². The maximum absolute atomic E-state index is 13.2. The molecular formula is C36H38N2O5. The van der Waals surface area contributed by atoms with E-state index in [1.165, 1.54) is 7.11 Å². The van der Waals surface area contributed by atoms with E-state index in [0.717, 1.165) is 11.1 Å². The second kappa shape index (κ2) is 15.4. The number of hydrogen-bond acceptors (Lipinski definition) is 6. The van der Waals surface area contributed by atoms with Crippen molar-refractivity contribution in [3.63, 3.8) is 0 Å².